The van der Waals surface area contributed by atoms with Gasteiger partial charge in [0.2, 0.25) is 0 Å². The maximum Gasteiger partial charge on any atom is 0.393 e. The van der Waals surface area contributed by atoms with Gasteiger partial charge in [-0.05, 0) is 16.7 Å². The van der Waals surface area contributed by atoms with Crippen LogP contribution >= 0.6 is 12.4 Å². The third-order valence-corrected chi connectivity index (χ3v) is 4.60. The number of carbonyl (C=O) groups is 1. The highest BCUT2D eigenvalue weighted by Crippen LogP contribution is 2.38. The number of rotatable bonds is 4. The molecule has 7 heteroatoms. The summed E-state index contributed by atoms with van der Waals surface area (Å²) in [5.74, 6) is -4.60. The predicted molar refractivity (Wildman–Crippen MR) is 95.1 cm³/mol. The van der Waals surface area contributed by atoms with E-state index >= 15 is 0 Å². The lowest BCUT2D eigenvalue weighted by atomic mass is 9.96. The van der Waals surface area contributed by atoms with Crippen molar-refractivity contribution in [3.63, 3.8) is 0 Å². The van der Waals surface area contributed by atoms with E-state index in [2.05, 4.69) is 0 Å². The maximum atomic E-state index is 13.0. The first kappa shape index (κ1) is 20.3. The Kier molecular flexibility index (Phi) is 6.31. The summed E-state index contributed by atoms with van der Waals surface area (Å²) in [5, 5.41) is 9.07. The van der Waals surface area contributed by atoms with E-state index in [1.165, 1.54) is 0 Å². The van der Waals surface area contributed by atoms with E-state index in [0.717, 1.165) is 16.7 Å². The molecule has 0 radical (unpaired) electrons. The van der Waals surface area contributed by atoms with Crippen LogP contribution in [-0.4, -0.2) is 35.2 Å². The zero-order chi connectivity index (χ0) is 18.0. The van der Waals surface area contributed by atoms with Crippen LogP contribution in [0.5, 0.6) is 0 Å². The molecule has 1 aliphatic rings. The van der Waals surface area contributed by atoms with E-state index in [9.17, 15) is 18.0 Å². The summed E-state index contributed by atoms with van der Waals surface area (Å²) in [6, 6.07) is 17.4. The number of benzene rings is 2. The Balaban J connectivity index is 0.00000243. The highest BCUT2D eigenvalue weighted by atomic mass is 35.5. The summed E-state index contributed by atoms with van der Waals surface area (Å²) in [5.41, 5.74) is 2.97. The molecule has 0 amide bonds. The molecule has 0 spiro atoms. The lowest BCUT2D eigenvalue weighted by Gasteiger charge is -2.18. The third-order valence-electron chi connectivity index (χ3n) is 4.60. The van der Waals surface area contributed by atoms with Crippen molar-refractivity contribution in [2.24, 2.45) is 11.8 Å². The van der Waals surface area contributed by atoms with Crippen LogP contribution in [0.1, 0.15) is 5.56 Å². The zero-order valence-electron chi connectivity index (χ0n) is 13.8. The van der Waals surface area contributed by atoms with Gasteiger partial charge in [-0.3, -0.25) is 9.69 Å². The van der Waals surface area contributed by atoms with Crippen molar-refractivity contribution in [2.75, 3.05) is 13.1 Å². The number of carboxylic acid groups (broad SMARTS) is 1. The third kappa shape index (κ3) is 4.56. The van der Waals surface area contributed by atoms with Crippen LogP contribution in [-0.2, 0) is 11.3 Å². The smallest absolute Gasteiger partial charge is 0.393 e. The number of hydrogen-bond donors (Lipinski definition) is 1. The van der Waals surface area contributed by atoms with Gasteiger partial charge in [-0.2, -0.15) is 13.2 Å². The Labute approximate surface area is 155 Å². The first-order valence-corrected chi connectivity index (χ1v) is 8.01. The van der Waals surface area contributed by atoms with Crippen LogP contribution < -0.4 is 0 Å². The van der Waals surface area contributed by atoms with Crippen LogP contribution in [0.25, 0.3) is 11.1 Å². The van der Waals surface area contributed by atoms with E-state index in [1.54, 1.807) is 4.90 Å². The molecule has 2 atom stereocenters. The van der Waals surface area contributed by atoms with Gasteiger partial charge >= 0.3 is 12.1 Å². The topological polar surface area (TPSA) is 40.5 Å². The van der Waals surface area contributed by atoms with Gasteiger partial charge in [0, 0.05) is 19.6 Å². The molecule has 140 valence electrons. The van der Waals surface area contributed by atoms with Crippen molar-refractivity contribution in [3.8, 4) is 11.1 Å². The van der Waals surface area contributed by atoms with Gasteiger partial charge in [-0.25, -0.2) is 0 Å². The van der Waals surface area contributed by atoms with Crippen LogP contribution in [0.2, 0.25) is 0 Å². The predicted octanol–water partition coefficient (Wildman–Crippen LogP) is 4.47. The van der Waals surface area contributed by atoms with Gasteiger partial charge in [0.05, 0.1) is 11.8 Å². The molecule has 1 fully saturated rings. The number of hydrogen-bond acceptors (Lipinski definition) is 2. The van der Waals surface area contributed by atoms with Crippen molar-refractivity contribution < 1.29 is 23.1 Å². The second-order valence-electron chi connectivity index (χ2n) is 6.35. The van der Waals surface area contributed by atoms with E-state index in [1.807, 2.05) is 54.6 Å². The number of alkyl halides is 3. The van der Waals surface area contributed by atoms with Crippen LogP contribution in [0, 0.1) is 11.8 Å². The highest BCUT2D eigenvalue weighted by molar-refractivity contribution is 5.85. The minimum absolute atomic E-state index is 0. The summed E-state index contributed by atoms with van der Waals surface area (Å²) in [6.45, 7) is -0.0493. The molecule has 1 saturated heterocycles. The summed E-state index contributed by atoms with van der Waals surface area (Å²) in [7, 11) is 0. The lowest BCUT2D eigenvalue weighted by molar-refractivity contribution is -0.188. The number of aliphatic carboxylic acids is 1. The molecule has 1 N–H and O–H groups in total. The van der Waals surface area contributed by atoms with Crippen molar-refractivity contribution in [3.05, 3.63) is 60.2 Å². The molecular weight excluding hydrogens is 367 g/mol. The normalized spacial score (nSPS) is 20.6. The second kappa shape index (κ2) is 8.10. The molecule has 2 aromatic rings. The molecule has 1 aliphatic heterocycles. The Bertz CT molecular complexity index is 735. The Morgan fingerprint density at radius 2 is 1.58 bits per heavy atom. The molecule has 0 bridgehead atoms. The van der Waals surface area contributed by atoms with Crippen molar-refractivity contribution in [1.82, 2.24) is 4.90 Å². The van der Waals surface area contributed by atoms with Crippen molar-refractivity contribution >= 4 is 18.4 Å². The van der Waals surface area contributed by atoms with Gasteiger partial charge in [0.15, 0.2) is 0 Å². The fraction of sp³-hybridized carbons (Fsp3) is 0.316. The lowest BCUT2D eigenvalue weighted by Crippen LogP contribution is -2.33. The van der Waals surface area contributed by atoms with Gasteiger partial charge in [0.25, 0.3) is 0 Å². The average molecular weight is 386 g/mol. The molecular formula is C19H19ClF3NO2. The Morgan fingerprint density at radius 3 is 2.08 bits per heavy atom. The minimum Gasteiger partial charge on any atom is -0.481 e. The monoisotopic (exact) mass is 385 g/mol. The molecule has 0 saturated carbocycles. The summed E-state index contributed by atoms with van der Waals surface area (Å²) in [6.07, 6.45) is -4.49. The van der Waals surface area contributed by atoms with E-state index in [4.69, 9.17) is 5.11 Å². The first-order chi connectivity index (χ1) is 11.8. The summed E-state index contributed by atoms with van der Waals surface area (Å²) in [4.78, 5) is 12.7. The number of halogens is 4. The molecule has 0 aliphatic carbocycles. The molecule has 0 unspecified atom stereocenters. The molecule has 2 aromatic carbocycles. The molecule has 26 heavy (non-hydrogen) atoms. The fourth-order valence-corrected chi connectivity index (χ4v) is 3.29. The number of nitrogens with zero attached hydrogens (tertiary/aromatic N) is 1. The fourth-order valence-electron chi connectivity index (χ4n) is 3.29. The number of carboxylic acids is 1. The van der Waals surface area contributed by atoms with Crippen molar-refractivity contribution in [2.45, 2.75) is 12.7 Å². The van der Waals surface area contributed by atoms with E-state index in [0.29, 0.717) is 6.54 Å². The van der Waals surface area contributed by atoms with Gasteiger partial charge in [0.1, 0.15) is 0 Å². The quantitative estimate of drug-likeness (QED) is 0.844. The van der Waals surface area contributed by atoms with Crippen LogP contribution in [0.3, 0.4) is 0 Å². The van der Waals surface area contributed by atoms with E-state index < -0.39 is 24.0 Å². The average Bonchev–Trinajstić information content (AvgIpc) is 3.01. The second-order valence-corrected chi connectivity index (χ2v) is 6.35. The summed E-state index contributed by atoms with van der Waals surface area (Å²) >= 11 is 0. The van der Waals surface area contributed by atoms with Gasteiger partial charge in [-0.15, -0.1) is 12.4 Å². The first-order valence-electron chi connectivity index (χ1n) is 8.01. The van der Waals surface area contributed by atoms with Crippen LogP contribution in [0.15, 0.2) is 54.6 Å². The molecule has 3 rings (SSSR count). The van der Waals surface area contributed by atoms with Gasteiger partial charge < -0.3 is 5.11 Å². The molecule has 1 heterocycles. The zero-order valence-corrected chi connectivity index (χ0v) is 14.6. The van der Waals surface area contributed by atoms with Crippen LogP contribution in [0.4, 0.5) is 13.2 Å². The van der Waals surface area contributed by atoms with Crippen molar-refractivity contribution in [1.29, 1.82) is 0 Å². The Morgan fingerprint density at radius 1 is 1.00 bits per heavy atom. The number of likely N-dealkylation sites (tertiary alicyclic amines) is 1. The summed E-state index contributed by atoms with van der Waals surface area (Å²) < 4.78 is 39.1. The maximum absolute atomic E-state index is 13.0. The molecule has 0 aromatic heterocycles. The SMILES string of the molecule is Cl.O=C(O)[C@@H]1CN(Cc2ccc(-c3ccccc3)cc2)C[C@H]1C(F)(F)F. The molecule has 3 nitrogen and oxygen atoms in total. The largest absolute Gasteiger partial charge is 0.481 e. The highest BCUT2D eigenvalue weighted by Gasteiger charge is 2.52. The minimum atomic E-state index is -4.49. The Hall–Kier alpha value is -2.05. The standard InChI is InChI=1S/C19H18F3NO2.ClH/c20-19(21,22)17-12-23(11-16(17)18(24)25)10-13-6-8-15(9-7-13)14-4-2-1-3-5-14;/h1-9,16-17H,10-12H2,(H,24,25);1H/t16-,17-;/m1./s1. The van der Waals surface area contributed by atoms with E-state index in [-0.39, 0.29) is 25.5 Å². The van der Waals surface area contributed by atoms with Gasteiger partial charge in [-0.1, -0.05) is 54.6 Å².